The predicted octanol–water partition coefficient (Wildman–Crippen LogP) is 2.14. The van der Waals surface area contributed by atoms with Crippen LogP contribution in [0.1, 0.15) is 21.5 Å². The Morgan fingerprint density at radius 1 is 1.24 bits per heavy atom. The Balaban J connectivity index is 2.62. The number of H-pyrrole nitrogens is 1. The Hall–Kier alpha value is -2.10. The first kappa shape index (κ1) is 11.4. The zero-order valence-corrected chi connectivity index (χ0v) is 9.96. The molecule has 2 aromatic rings. The average Bonchev–Trinajstić information content (AvgIpc) is 2.76. The molecule has 0 radical (unpaired) electrons. The number of aromatic nitrogens is 1. The molecule has 0 unspecified atom stereocenters. The van der Waals surface area contributed by atoms with E-state index in [1.165, 1.54) is 7.11 Å². The van der Waals surface area contributed by atoms with E-state index < -0.39 is 11.8 Å². The van der Waals surface area contributed by atoms with Crippen LogP contribution in [0.3, 0.4) is 0 Å². The van der Waals surface area contributed by atoms with E-state index in [-0.39, 0.29) is 0 Å². The number of fused-ring (bicyclic) bond motifs is 1. The molecule has 1 N–H and O–H groups in total. The van der Waals surface area contributed by atoms with Crippen LogP contribution in [0, 0.1) is 13.8 Å². The molecule has 1 heterocycles. The molecule has 0 spiro atoms. The van der Waals surface area contributed by atoms with E-state index in [9.17, 15) is 9.59 Å². The van der Waals surface area contributed by atoms with Gasteiger partial charge in [-0.3, -0.25) is 4.79 Å². The number of aromatic amines is 1. The van der Waals surface area contributed by atoms with E-state index in [1.54, 1.807) is 6.20 Å². The van der Waals surface area contributed by atoms with E-state index >= 15 is 0 Å². The summed E-state index contributed by atoms with van der Waals surface area (Å²) in [5.74, 6) is -1.47. The third-order valence-electron chi connectivity index (χ3n) is 3.00. The lowest BCUT2D eigenvalue weighted by molar-refractivity contribution is -0.135. The van der Waals surface area contributed by atoms with Crippen LogP contribution in [0.15, 0.2) is 18.3 Å². The Labute approximate surface area is 98.6 Å². The minimum atomic E-state index is -0.843. The molecule has 4 heteroatoms. The number of Topliss-reactive ketones (excluding diaryl/α,β-unsaturated/α-hetero) is 1. The zero-order chi connectivity index (χ0) is 12.6. The topological polar surface area (TPSA) is 59.2 Å². The summed E-state index contributed by atoms with van der Waals surface area (Å²) in [5, 5.41) is 0.753. The van der Waals surface area contributed by atoms with Crippen molar-refractivity contribution in [2.24, 2.45) is 0 Å². The van der Waals surface area contributed by atoms with Gasteiger partial charge in [0.1, 0.15) is 0 Å². The summed E-state index contributed by atoms with van der Waals surface area (Å²) in [7, 11) is 1.20. The number of ether oxygens (including phenoxy) is 1. The summed E-state index contributed by atoms with van der Waals surface area (Å²) in [6.45, 7) is 3.97. The van der Waals surface area contributed by atoms with Crippen LogP contribution in [-0.2, 0) is 9.53 Å². The first-order chi connectivity index (χ1) is 8.06. The second-order valence-electron chi connectivity index (χ2n) is 3.95. The fraction of sp³-hybridized carbons (Fsp3) is 0.231. The smallest absolute Gasteiger partial charge is 0.379 e. The van der Waals surface area contributed by atoms with Crippen molar-refractivity contribution in [3.8, 4) is 0 Å². The van der Waals surface area contributed by atoms with Crippen molar-refractivity contribution >= 4 is 22.7 Å². The fourth-order valence-corrected chi connectivity index (χ4v) is 1.84. The minimum absolute atomic E-state index is 0.356. The van der Waals surface area contributed by atoms with Crippen LogP contribution in [0.4, 0.5) is 0 Å². The molecule has 4 nitrogen and oxygen atoms in total. The number of esters is 1. The van der Waals surface area contributed by atoms with Crippen LogP contribution in [0.2, 0.25) is 0 Å². The lowest BCUT2D eigenvalue weighted by Crippen LogP contribution is -2.15. The van der Waals surface area contributed by atoms with Crippen molar-refractivity contribution in [1.29, 1.82) is 0 Å². The highest BCUT2D eigenvalue weighted by atomic mass is 16.5. The maximum Gasteiger partial charge on any atom is 0.379 e. The number of benzene rings is 1. The average molecular weight is 231 g/mol. The number of methoxy groups -OCH3 is 1. The molecule has 1 aromatic heterocycles. The molecular weight excluding hydrogens is 218 g/mol. The highest BCUT2D eigenvalue weighted by Gasteiger charge is 2.20. The number of hydrogen-bond acceptors (Lipinski definition) is 3. The number of aryl methyl sites for hydroxylation is 2. The summed E-state index contributed by atoms with van der Waals surface area (Å²) in [5.41, 5.74) is 3.45. The second-order valence-corrected chi connectivity index (χ2v) is 3.95. The molecule has 88 valence electrons. The van der Waals surface area contributed by atoms with Gasteiger partial charge in [0.15, 0.2) is 0 Å². The maximum atomic E-state index is 11.8. The third-order valence-corrected chi connectivity index (χ3v) is 3.00. The van der Waals surface area contributed by atoms with Crippen molar-refractivity contribution in [3.63, 3.8) is 0 Å². The Morgan fingerprint density at radius 3 is 2.59 bits per heavy atom. The van der Waals surface area contributed by atoms with Crippen LogP contribution in [0.5, 0.6) is 0 Å². The van der Waals surface area contributed by atoms with Gasteiger partial charge in [-0.2, -0.15) is 0 Å². The number of nitrogens with one attached hydrogen (secondary N) is 1. The van der Waals surface area contributed by atoms with Gasteiger partial charge >= 0.3 is 5.97 Å². The van der Waals surface area contributed by atoms with E-state index in [1.807, 2.05) is 26.0 Å². The molecule has 17 heavy (non-hydrogen) atoms. The van der Waals surface area contributed by atoms with Gasteiger partial charge in [-0.05, 0) is 25.0 Å². The number of carbonyl (C=O) groups excluding carboxylic acids is 2. The first-order valence-electron chi connectivity index (χ1n) is 5.26. The normalized spacial score (nSPS) is 10.5. The van der Waals surface area contributed by atoms with Crippen LogP contribution >= 0.6 is 0 Å². The summed E-state index contributed by atoms with van der Waals surface area (Å²) >= 11 is 0. The van der Waals surface area contributed by atoms with Crippen molar-refractivity contribution in [1.82, 2.24) is 4.98 Å². The number of carbonyl (C=O) groups is 2. The number of rotatable bonds is 2. The van der Waals surface area contributed by atoms with Gasteiger partial charge in [0.2, 0.25) is 0 Å². The van der Waals surface area contributed by atoms with E-state index in [0.29, 0.717) is 5.56 Å². The number of ketones is 1. The molecule has 1 aromatic carbocycles. The fourth-order valence-electron chi connectivity index (χ4n) is 1.84. The molecule has 0 bridgehead atoms. The van der Waals surface area contributed by atoms with Gasteiger partial charge < -0.3 is 9.72 Å². The maximum absolute atomic E-state index is 11.8. The molecule has 0 aliphatic heterocycles. The standard InChI is InChI=1S/C13H13NO3/c1-7-4-5-9-10(12(15)13(16)17-3)6-14-11(9)8(7)2/h4-6,14H,1-3H3. The van der Waals surface area contributed by atoms with Gasteiger partial charge in [-0.25, -0.2) is 4.79 Å². The second kappa shape index (κ2) is 4.05. The van der Waals surface area contributed by atoms with Crippen LogP contribution in [0.25, 0.3) is 10.9 Å². The van der Waals surface area contributed by atoms with Crippen LogP contribution < -0.4 is 0 Å². The first-order valence-corrected chi connectivity index (χ1v) is 5.26. The van der Waals surface area contributed by atoms with Crippen molar-refractivity contribution < 1.29 is 14.3 Å². The summed E-state index contributed by atoms with van der Waals surface area (Å²) < 4.78 is 4.44. The third kappa shape index (κ3) is 1.71. The zero-order valence-electron chi connectivity index (χ0n) is 9.96. The van der Waals surface area contributed by atoms with Crippen molar-refractivity contribution in [3.05, 3.63) is 35.0 Å². The Morgan fingerprint density at radius 2 is 1.94 bits per heavy atom. The van der Waals surface area contributed by atoms with Gasteiger partial charge in [0.25, 0.3) is 5.78 Å². The van der Waals surface area contributed by atoms with Gasteiger partial charge in [0, 0.05) is 17.1 Å². The van der Waals surface area contributed by atoms with Crippen molar-refractivity contribution in [2.75, 3.05) is 7.11 Å². The predicted molar refractivity (Wildman–Crippen MR) is 64.1 cm³/mol. The highest BCUT2D eigenvalue weighted by molar-refractivity contribution is 6.43. The summed E-state index contributed by atoms with van der Waals surface area (Å²) in [6.07, 6.45) is 1.55. The Kier molecular flexibility index (Phi) is 2.71. The Bertz CT molecular complexity index is 610. The largest absolute Gasteiger partial charge is 0.463 e. The van der Waals surface area contributed by atoms with Crippen molar-refractivity contribution in [2.45, 2.75) is 13.8 Å². The van der Waals surface area contributed by atoms with E-state index in [0.717, 1.165) is 22.0 Å². The van der Waals surface area contributed by atoms with Gasteiger partial charge in [-0.15, -0.1) is 0 Å². The molecule has 0 fully saturated rings. The lowest BCUT2D eigenvalue weighted by atomic mass is 10.0. The molecular formula is C13H13NO3. The SMILES string of the molecule is COC(=O)C(=O)c1c[nH]c2c(C)c(C)ccc12. The highest BCUT2D eigenvalue weighted by Crippen LogP contribution is 2.24. The molecule has 0 aliphatic carbocycles. The number of hydrogen-bond donors (Lipinski definition) is 1. The monoisotopic (exact) mass is 231 g/mol. The van der Waals surface area contributed by atoms with Crippen LogP contribution in [-0.4, -0.2) is 23.8 Å². The molecule has 0 amide bonds. The molecule has 0 saturated carbocycles. The summed E-state index contributed by atoms with van der Waals surface area (Å²) in [6, 6.07) is 3.77. The molecule has 0 atom stereocenters. The lowest BCUT2D eigenvalue weighted by Gasteiger charge is -2.02. The van der Waals surface area contributed by atoms with E-state index in [2.05, 4.69) is 9.72 Å². The van der Waals surface area contributed by atoms with Gasteiger partial charge in [0.05, 0.1) is 12.7 Å². The molecule has 2 rings (SSSR count). The summed E-state index contributed by atoms with van der Waals surface area (Å²) in [4.78, 5) is 26.0. The minimum Gasteiger partial charge on any atom is -0.463 e. The molecule has 0 saturated heterocycles. The van der Waals surface area contributed by atoms with Gasteiger partial charge in [-0.1, -0.05) is 12.1 Å². The molecule has 0 aliphatic rings. The quantitative estimate of drug-likeness (QED) is 0.489. The van der Waals surface area contributed by atoms with E-state index in [4.69, 9.17) is 0 Å².